The zero-order valence-corrected chi connectivity index (χ0v) is 11.6. The fraction of sp³-hybridized carbons (Fsp3) is 0.308. The third kappa shape index (κ3) is 2.91. The SMILES string of the molecule is Cc1cnc2c(S(=O)(=O)N[C@H](C)CO)cccc2c1. The van der Waals surface area contributed by atoms with Gasteiger partial charge in [0.1, 0.15) is 4.90 Å². The molecule has 19 heavy (non-hydrogen) atoms. The smallest absolute Gasteiger partial charge is 0.243 e. The van der Waals surface area contributed by atoms with E-state index < -0.39 is 16.1 Å². The molecule has 0 aliphatic rings. The van der Waals surface area contributed by atoms with Crippen molar-refractivity contribution in [3.8, 4) is 0 Å². The first kappa shape index (κ1) is 13.9. The minimum atomic E-state index is -3.68. The maximum absolute atomic E-state index is 12.2. The van der Waals surface area contributed by atoms with Gasteiger partial charge in [-0.3, -0.25) is 4.98 Å². The Labute approximate surface area is 112 Å². The highest BCUT2D eigenvalue weighted by Crippen LogP contribution is 2.21. The molecular weight excluding hydrogens is 264 g/mol. The molecule has 0 fully saturated rings. The van der Waals surface area contributed by atoms with Gasteiger partial charge in [0.2, 0.25) is 10.0 Å². The lowest BCUT2D eigenvalue weighted by molar-refractivity contribution is 0.265. The quantitative estimate of drug-likeness (QED) is 0.882. The predicted molar refractivity (Wildman–Crippen MR) is 73.3 cm³/mol. The Morgan fingerprint density at radius 1 is 1.42 bits per heavy atom. The van der Waals surface area contributed by atoms with E-state index in [1.807, 2.05) is 19.1 Å². The monoisotopic (exact) mass is 280 g/mol. The second-order valence-electron chi connectivity index (χ2n) is 4.55. The molecule has 0 aliphatic carbocycles. The van der Waals surface area contributed by atoms with Crippen molar-refractivity contribution in [1.82, 2.24) is 9.71 Å². The average molecular weight is 280 g/mol. The van der Waals surface area contributed by atoms with Crippen LogP contribution in [0.1, 0.15) is 12.5 Å². The molecule has 102 valence electrons. The van der Waals surface area contributed by atoms with Gasteiger partial charge in [0, 0.05) is 17.6 Å². The molecule has 2 rings (SSSR count). The number of aromatic nitrogens is 1. The van der Waals surface area contributed by atoms with Crippen molar-refractivity contribution >= 4 is 20.9 Å². The molecule has 0 aliphatic heterocycles. The molecule has 0 unspecified atom stereocenters. The molecule has 0 amide bonds. The van der Waals surface area contributed by atoms with E-state index in [2.05, 4.69) is 9.71 Å². The summed E-state index contributed by atoms with van der Waals surface area (Å²) in [6.45, 7) is 3.25. The zero-order chi connectivity index (χ0) is 14.0. The lowest BCUT2D eigenvalue weighted by atomic mass is 10.2. The first-order valence-electron chi connectivity index (χ1n) is 5.92. The standard InChI is InChI=1S/C13H16N2O3S/c1-9-6-11-4-3-5-12(13(11)14-7-9)19(17,18)15-10(2)8-16/h3-7,10,15-16H,8H2,1-2H3/t10-/m1/s1. The number of sulfonamides is 1. The lowest BCUT2D eigenvalue weighted by Gasteiger charge is -2.13. The molecule has 0 radical (unpaired) electrons. The molecule has 1 aromatic carbocycles. The molecule has 1 atom stereocenters. The van der Waals surface area contributed by atoms with E-state index in [-0.39, 0.29) is 11.5 Å². The Balaban J connectivity index is 2.56. The second kappa shape index (κ2) is 5.24. The molecule has 0 spiro atoms. The summed E-state index contributed by atoms with van der Waals surface area (Å²) in [6.07, 6.45) is 1.64. The summed E-state index contributed by atoms with van der Waals surface area (Å²) in [5, 5.41) is 9.73. The highest BCUT2D eigenvalue weighted by Gasteiger charge is 2.20. The van der Waals surface area contributed by atoms with Gasteiger partial charge in [0.05, 0.1) is 12.1 Å². The van der Waals surface area contributed by atoms with Crippen LogP contribution in [0.4, 0.5) is 0 Å². The topological polar surface area (TPSA) is 79.3 Å². The van der Waals surface area contributed by atoms with Gasteiger partial charge in [-0.1, -0.05) is 12.1 Å². The van der Waals surface area contributed by atoms with Crippen LogP contribution in [0, 0.1) is 6.92 Å². The summed E-state index contributed by atoms with van der Waals surface area (Å²) in [4.78, 5) is 4.33. The number of benzene rings is 1. The highest BCUT2D eigenvalue weighted by atomic mass is 32.2. The van der Waals surface area contributed by atoms with Crippen molar-refractivity contribution in [3.05, 3.63) is 36.0 Å². The van der Waals surface area contributed by atoms with Gasteiger partial charge < -0.3 is 5.11 Å². The maximum Gasteiger partial charge on any atom is 0.243 e. The fourth-order valence-electron chi connectivity index (χ4n) is 1.83. The number of rotatable bonds is 4. The predicted octanol–water partition coefficient (Wildman–Crippen LogP) is 1.20. The number of aliphatic hydroxyl groups excluding tert-OH is 1. The largest absolute Gasteiger partial charge is 0.395 e. The molecule has 2 aromatic rings. The fourth-order valence-corrected chi connectivity index (χ4v) is 3.24. The molecule has 2 N–H and O–H groups in total. The molecule has 1 aromatic heterocycles. The molecule has 6 heteroatoms. The minimum Gasteiger partial charge on any atom is -0.395 e. The van der Waals surface area contributed by atoms with E-state index in [0.717, 1.165) is 10.9 Å². The number of hydrogen-bond donors (Lipinski definition) is 2. The Kier molecular flexibility index (Phi) is 3.84. The molecule has 5 nitrogen and oxygen atoms in total. The number of para-hydroxylation sites is 1. The Morgan fingerprint density at radius 3 is 2.84 bits per heavy atom. The number of aryl methyl sites for hydroxylation is 1. The van der Waals surface area contributed by atoms with Gasteiger partial charge in [-0.25, -0.2) is 13.1 Å². The van der Waals surface area contributed by atoms with Gasteiger partial charge >= 0.3 is 0 Å². The number of aliphatic hydroxyl groups is 1. The van der Waals surface area contributed by atoms with Crippen LogP contribution < -0.4 is 4.72 Å². The van der Waals surface area contributed by atoms with E-state index >= 15 is 0 Å². The van der Waals surface area contributed by atoms with Gasteiger partial charge in [-0.05, 0) is 31.5 Å². The maximum atomic E-state index is 12.2. The van der Waals surface area contributed by atoms with Crippen molar-refractivity contribution in [1.29, 1.82) is 0 Å². The van der Waals surface area contributed by atoms with E-state index in [0.29, 0.717) is 5.52 Å². The Hall–Kier alpha value is -1.50. The van der Waals surface area contributed by atoms with Crippen molar-refractivity contribution in [2.45, 2.75) is 24.8 Å². The van der Waals surface area contributed by atoms with Gasteiger partial charge in [-0.15, -0.1) is 0 Å². The summed E-state index contributed by atoms with van der Waals surface area (Å²) in [7, 11) is -3.68. The third-order valence-electron chi connectivity index (χ3n) is 2.73. The van der Waals surface area contributed by atoms with E-state index in [1.165, 1.54) is 6.07 Å². The molecule has 0 saturated carbocycles. The molecule has 1 heterocycles. The molecule has 0 bridgehead atoms. The molecular formula is C13H16N2O3S. The number of hydrogen-bond acceptors (Lipinski definition) is 4. The van der Waals surface area contributed by atoms with Crippen LogP contribution in [0.15, 0.2) is 35.4 Å². The van der Waals surface area contributed by atoms with Gasteiger partial charge in [0.25, 0.3) is 0 Å². The average Bonchev–Trinajstić information content (AvgIpc) is 2.37. The number of nitrogens with one attached hydrogen (secondary N) is 1. The van der Waals surface area contributed by atoms with Crippen LogP contribution in [-0.2, 0) is 10.0 Å². The van der Waals surface area contributed by atoms with E-state index in [4.69, 9.17) is 5.11 Å². The summed E-state index contributed by atoms with van der Waals surface area (Å²) in [5.74, 6) is 0. The van der Waals surface area contributed by atoms with Crippen LogP contribution in [0.3, 0.4) is 0 Å². The van der Waals surface area contributed by atoms with Crippen molar-refractivity contribution < 1.29 is 13.5 Å². The highest BCUT2D eigenvalue weighted by molar-refractivity contribution is 7.89. The van der Waals surface area contributed by atoms with Crippen molar-refractivity contribution in [3.63, 3.8) is 0 Å². The lowest BCUT2D eigenvalue weighted by Crippen LogP contribution is -2.35. The first-order chi connectivity index (χ1) is 8.94. The molecule has 0 saturated heterocycles. The van der Waals surface area contributed by atoms with Crippen LogP contribution in [0.5, 0.6) is 0 Å². The summed E-state index contributed by atoms with van der Waals surface area (Å²) in [5.41, 5.74) is 1.41. The van der Waals surface area contributed by atoms with Crippen LogP contribution in [-0.4, -0.2) is 31.2 Å². The van der Waals surface area contributed by atoms with Crippen molar-refractivity contribution in [2.75, 3.05) is 6.61 Å². The summed E-state index contributed by atoms with van der Waals surface area (Å²) >= 11 is 0. The summed E-state index contributed by atoms with van der Waals surface area (Å²) < 4.78 is 26.9. The van der Waals surface area contributed by atoms with Crippen LogP contribution in [0.2, 0.25) is 0 Å². The number of fused-ring (bicyclic) bond motifs is 1. The summed E-state index contributed by atoms with van der Waals surface area (Å²) in [6, 6.07) is 6.37. The Morgan fingerprint density at radius 2 is 2.16 bits per heavy atom. The van der Waals surface area contributed by atoms with E-state index in [1.54, 1.807) is 19.2 Å². The number of pyridine rings is 1. The zero-order valence-electron chi connectivity index (χ0n) is 10.8. The van der Waals surface area contributed by atoms with Gasteiger partial charge in [-0.2, -0.15) is 0 Å². The van der Waals surface area contributed by atoms with Gasteiger partial charge in [0.15, 0.2) is 0 Å². The number of nitrogens with zero attached hydrogens (tertiary/aromatic N) is 1. The van der Waals surface area contributed by atoms with E-state index in [9.17, 15) is 8.42 Å². The third-order valence-corrected chi connectivity index (χ3v) is 4.35. The second-order valence-corrected chi connectivity index (χ2v) is 6.23. The normalized spacial score (nSPS) is 13.6. The van der Waals surface area contributed by atoms with Crippen LogP contribution >= 0.6 is 0 Å². The Bertz CT molecular complexity index is 698. The minimum absolute atomic E-state index is 0.130. The van der Waals surface area contributed by atoms with Crippen molar-refractivity contribution in [2.24, 2.45) is 0 Å². The van der Waals surface area contributed by atoms with Crippen LogP contribution in [0.25, 0.3) is 10.9 Å². The first-order valence-corrected chi connectivity index (χ1v) is 7.41.